The number of hydrogen-bond donors (Lipinski definition) is 0. The van der Waals surface area contributed by atoms with Crippen molar-refractivity contribution in [2.45, 2.75) is 12.3 Å². The summed E-state index contributed by atoms with van der Waals surface area (Å²) in [6.45, 7) is 0.236. The molecule has 0 aliphatic heterocycles. The first kappa shape index (κ1) is 17.8. The molecule has 0 spiro atoms. The first-order chi connectivity index (χ1) is 11.7. The first-order valence-corrected chi connectivity index (χ1v) is 10.3. The van der Waals surface area contributed by atoms with Crippen molar-refractivity contribution in [2.24, 2.45) is 0 Å². The minimum Gasteiger partial charge on any atom is -0.452 e. The summed E-state index contributed by atoms with van der Waals surface area (Å²) in [4.78, 5) is 14.2. The lowest BCUT2D eigenvalue weighted by atomic mass is 10.1. The van der Waals surface area contributed by atoms with Gasteiger partial charge in [-0.1, -0.05) is 18.2 Å². The van der Waals surface area contributed by atoms with Crippen molar-refractivity contribution < 1.29 is 22.0 Å². The van der Waals surface area contributed by atoms with Crippen molar-refractivity contribution in [1.82, 2.24) is 4.90 Å². The van der Waals surface area contributed by atoms with E-state index in [-0.39, 0.29) is 18.1 Å². The number of carbonyl (C=O) groups excluding carboxylic acids is 1. The second-order valence-electron chi connectivity index (χ2n) is 5.84. The first-order valence-electron chi connectivity index (χ1n) is 7.42. The van der Waals surface area contributed by atoms with Crippen molar-refractivity contribution in [2.75, 3.05) is 13.3 Å². The number of sulfone groups is 1. The number of rotatable bonds is 5. The van der Waals surface area contributed by atoms with Crippen molar-refractivity contribution in [3.8, 4) is 0 Å². The molecule has 25 heavy (non-hydrogen) atoms. The molecule has 3 rings (SSSR count). The molecular formula is C17H16BrNO5S. The van der Waals surface area contributed by atoms with Gasteiger partial charge in [-0.3, -0.25) is 4.79 Å². The van der Waals surface area contributed by atoms with Crippen LogP contribution in [0.2, 0.25) is 0 Å². The molecule has 0 bridgehead atoms. The van der Waals surface area contributed by atoms with Crippen LogP contribution in [0, 0.1) is 0 Å². The molecule has 1 amide bonds. The zero-order valence-electron chi connectivity index (χ0n) is 13.7. The number of furan rings is 2. The minimum atomic E-state index is -3.33. The van der Waals surface area contributed by atoms with Crippen LogP contribution < -0.4 is 0 Å². The molecular weight excluding hydrogens is 410 g/mol. The van der Waals surface area contributed by atoms with E-state index in [2.05, 4.69) is 15.9 Å². The fourth-order valence-corrected chi connectivity index (χ4v) is 3.74. The smallest absolute Gasteiger partial charge is 0.290 e. The highest BCUT2D eigenvalue weighted by Crippen LogP contribution is 2.29. The number of halogens is 1. The van der Waals surface area contributed by atoms with Crippen molar-refractivity contribution in [1.29, 1.82) is 0 Å². The zero-order chi connectivity index (χ0) is 18.2. The summed E-state index contributed by atoms with van der Waals surface area (Å²) in [6.07, 6.45) is 1.13. The molecule has 0 saturated carbocycles. The summed E-state index contributed by atoms with van der Waals surface area (Å²) in [6, 6.07) is 10.5. The average Bonchev–Trinajstić information content (AvgIpc) is 3.09. The maximum Gasteiger partial charge on any atom is 0.290 e. The number of fused-ring (bicyclic) bond motifs is 1. The highest BCUT2D eigenvalue weighted by Gasteiger charge is 2.26. The largest absolute Gasteiger partial charge is 0.452 e. The van der Waals surface area contributed by atoms with Gasteiger partial charge in [0, 0.05) is 24.3 Å². The molecule has 0 atom stereocenters. The Morgan fingerprint density at radius 2 is 1.88 bits per heavy atom. The molecule has 0 saturated heterocycles. The topological polar surface area (TPSA) is 80.7 Å². The standard InChI is InChI=1S/C17H16BrNO5S/c1-19(9-11-7-8-15(18)23-11)17(20)16-13(10-25(2,21)22)12-5-3-4-6-14(12)24-16/h3-8H,9-10H2,1-2H3. The zero-order valence-corrected chi connectivity index (χ0v) is 16.1. The molecule has 1 aromatic carbocycles. The average molecular weight is 426 g/mol. The fourth-order valence-electron chi connectivity index (χ4n) is 2.59. The Kier molecular flexibility index (Phi) is 4.75. The van der Waals surface area contributed by atoms with Crippen molar-refractivity contribution >= 4 is 42.6 Å². The Bertz CT molecular complexity index is 1030. The summed E-state index contributed by atoms with van der Waals surface area (Å²) in [7, 11) is -1.72. The van der Waals surface area contributed by atoms with Crippen LogP contribution in [0.4, 0.5) is 0 Å². The van der Waals surface area contributed by atoms with Gasteiger partial charge in [-0.2, -0.15) is 0 Å². The lowest BCUT2D eigenvalue weighted by Crippen LogP contribution is -2.26. The van der Waals surface area contributed by atoms with Crippen LogP contribution in [0.3, 0.4) is 0 Å². The monoisotopic (exact) mass is 425 g/mol. The van der Waals surface area contributed by atoms with Crippen LogP contribution in [-0.4, -0.2) is 32.5 Å². The minimum absolute atomic E-state index is 0.0414. The predicted octanol–water partition coefficient (Wildman–Crippen LogP) is 3.61. The highest BCUT2D eigenvalue weighted by atomic mass is 79.9. The van der Waals surface area contributed by atoms with Gasteiger partial charge in [0.25, 0.3) is 5.91 Å². The lowest BCUT2D eigenvalue weighted by Gasteiger charge is -2.15. The normalized spacial score (nSPS) is 11.8. The summed E-state index contributed by atoms with van der Waals surface area (Å²) >= 11 is 3.22. The Labute approximate surface area is 153 Å². The van der Waals surface area contributed by atoms with Gasteiger partial charge in [0.05, 0.1) is 12.3 Å². The van der Waals surface area contributed by atoms with E-state index >= 15 is 0 Å². The van der Waals surface area contributed by atoms with Gasteiger partial charge < -0.3 is 13.7 Å². The van der Waals surface area contributed by atoms with E-state index in [9.17, 15) is 13.2 Å². The number of hydrogen-bond acceptors (Lipinski definition) is 5. The van der Waals surface area contributed by atoms with E-state index in [0.29, 0.717) is 27.0 Å². The van der Waals surface area contributed by atoms with E-state index in [4.69, 9.17) is 8.83 Å². The van der Waals surface area contributed by atoms with Gasteiger partial charge in [0.1, 0.15) is 11.3 Å². The molecule has 0 radical (unpaired) electrons. The summed E-state index contributed by atoms with van der Waals surface area (Å²) in [5.74, 6) is -0.0174. The van der Waals surface area contributed by atoms with Gasteiger partial charge in [-0.15, -0.1) is 0 Å². The third-order valence-corrected chi connectivity index (χ3v) is 4.91. The number of carbonyl (C=O) groups is 1. The second kappa shape index (κ2) is 6.68. The molecule has 2 heterocycles. The molecule has 0 aliphatic rings. The third-order valence-electron chi connectivity index (χ3n) is 3.67. The molecule has 0 aliphatic carbocycles. The Hall–Kier alpha value is -2.06. The SMILES string of the molecule is CN(Cc1ccc(Br)o1)C(=O)c1oc2ccccc2c1CS(C)(=O)=O. The number of amides is 1. The Balaban J connectivity index is 1.98. The number of benzene rings is 1. The number of nitrogens with zero attached hydrogens (tertiary/aromatic N) is 1. The van der Waals surface area contributed by atoms with Crippen LogP contribution in [0.25, 0.3) is 11.0 Å². The fraction of sp³-hybridized carbons (Fsp3) is 0.235. The van der Waals surface area contributed by atoms with Gasteiger partial charge in [0.2, 0.25) is 0 Å². The Morgan fingerprint density at radius 1 is 1.16 bits per heavy atom. The second-order valence-corrected chi connectivity index (χ2v) is 8.76. The molecule has 0 N–H and O–H groups in total. The predicted molar refractivity (Wildman–Crippen MR) is 97.0 cm³/mol. The van der Waals surface area contributed by atoms with Gasteiger partial charge in [-0.05, 0) is 34.1 Å². The molecule has 8 heteroatoms. The van der Waals surface area contributed by atoms with E-state index in [0.717, 1.165) is 6.26 Å². The van der Waals surface area contributed by atoms with E-state index < -0.39 is 15.7 Å². The third kappa shape index (κ3) is 3.96. The van der Waals surface area contributed by atoms with Crippen LogP contribution in [0.5, 0.6) is 0 Å². The maximum absolute atomic E-state index is 12.8. The molecule has 3 aromatic rings. The van der Waals surface area contributed by atoms with E-state index in [1.165, 1.54) is 4.90 Å². The summed E-state index contributed by atoms with van der Waals surface area (Å²) in [5, 5.41) is 0.630. The number of para-hydroxylation sites is 1. The summed E-state index contributed by atoms with van der Waals surface area (Å²) in [5.41, 5.74) is 0.870. The van der Waals surface area contributed by atoms with Crippen LogP contribution in [-0.2, 0) is 22.1 Å². The highest BCUT2D eigenvalue weighted by molar-refractivity contribution is 9.10. The molecule has 132 valence electrons. The van der Waals surface area contributed by atoms with Gasteiger partial charge in [-0.25, -0.2) is 8.42 Å². The summed E-state index contributed by atoms with van der Waals surface area (Å²) < 4.78 is 35.2. The molecule has 2 aromatic heterocycles. The van der Waals surface area contributed by atoms with E-state index in [1.54, 1.807) is 43.4 Å². The van der Waals surface area contributed by atoms with Crippen LogP contribution >= 0.6 is 15.9 Å². The molecule has 6 nitrogen and oxygen atoms in total. The van der Waals surface area contributed by atoms with Crippen molar-refractivity contribution in [3.05, 3.63) is 58.2 Å². The van der Waals surface area contributed by atoms with Crippen LogP contribution in [0.15, 0.2) is 49.9 Å². The van der Waals surface area contributed by atoms with Gasteiger partial charge in [0.15, 0.2) is 20.3 Å². The van der Waals surface area contributed by atoms with Crippen LogP contribution in [0.1, 0.15) is 21.9 Å². The Morgan fingerprint density at radius 3 is 2.52 bits per heavy atom. The van der Waals surface area contributed by atoms with Crippen molar-refractivity contribution in [3.63, 3.8) is 0 Å². The quantitative estimate of drug-likeness (QED) is 0.623. The van der Waals surface area contributed by atoms with E-state index in [1.807, 2.05) is 0 Å². The molecule has 0 unspecified atom stereocenters. The molecule has 0 fully saturated rings. The lowest BCUT2D eigenvalue weighted by molar-refractivity contribution is 0.0744. The maximum atomic E-state index is 12.8. The van der Waals surface area contributed by atoms with Gasteiger partial charge >= 0.3 is 0 Å².